The highest BCUT2D eigenvalue weighted by Crippen LogP contribution is 2.21. The van der Waals surface area contributed by atoms with Gasteiger partial charge in [-0.3, -0.25) is 0 Å². The Morgan fingerprint density at radius 2 is 2.33 bits per heavy atom. The zero-order chi connectivity index (χ0) is 10.8. The minimum absolute atomic E-state index is 0.525. The van der Waals surface area contributed by atoms with Gasteiger partial charge in [0.25, 0.3) is 0 Å². The van der Waals surface area contributed by atoms with Gasteiger partial charge in [-0.15, -0.1) is 0 Å². The number of rotatable bonds is 3. The van der Waals surface area contributed by atoms with E-state index >= 15 is 0 Å². The zero-order valence-electron chi connectivity index (χ0n) is 8.97. The molecule has 2 rings (SSSR count). The third-order valence-corrected chi connectivity index (χ3v) is 2.12. The van der Waals surface area contributed by atoms with Crippen molar-refractivity contribution in [3.8, 4) is 11.5 Å². The Hall–Kier alpha value is -1.71. The molecule has 0 aliphatic carbocycles. The summed E-state index contributed by atoms with van der Waals surface area (Å²) in [5.74, 6) is 1.95. The van der Waals surface area contributed by atoms with Gasteiger partial charge in [0.1, 0.15) is 11.5 Å². The van der Waals surface area contributed by atoms with Crippen LogP contribution in [0.1, 0.15) is 13.8 Å². The van der Waals surface area contributed by atoms with E-state index in [1.54, 1.807) is 6.26 Å². The molecule has 0 aliphatic heterocycles. The number of aromatic nitrogens is 2. The summed E-state index contributed by atoms with van der Waals surface area (Å²) in [6.45, 7) is 5.09. The highest BCUT2D eigenvalue weighted by Gasteiger charge is 2.09. The van der Waals surface area contributed by atoms with Gasteiger partial charge in [-0.25, -0.2) is 4.68 Å². The minimum Gasteiger partial charge on any atom is -0.463 e. The van der Waals surface area contributed by atoms with Crippen LogP contribution in [-0.2, 0) is 6.54 Å². The average Bonchev–Trinajstić information content (AvgIpc) is 2.75. The number of furan rings is 1. The zero-order valence-corrected chi connectivity index (χ0v) is 8.97. The first kappa shape index (κ1) is 9.83. The SMILES string of the molecule is CC(C)Cn1nc(-c2ccco2)cc1N. The molecule has 0 fully saturated rings. The molecule has 4 heteroatoms. The van der Waals surface area contributed by atoms with Crippen LogP contribution in [-0.4, -0.2) is 9.78 Å². The lowest BCUT2D eigenvalue weighted by molar-refractivity contribution is 0.487. The largest absolute Gasteiger partial charge is 0.463 e. The fraction of sp³-hybridized carbons (Fsp3) is 0.364. The second kappa shape index (κ2) is 3.81. The van der Waals surface area contributed by atoms with E-state index in [4.69, 9.17) is 10.2 Å². The molecular weight excluding hydrogens is 190 g/mol. The fourth-order valence-electron chi connectivity index (χ4n) is 1.47. The van der Waals surface area contributed by atoms with Crippen molar-refractivity contribution in [2.45, 2.75) is 20.4 Å². The van der Waals surface area contributed by atoms with Gasteiger partial charge in [-0.05, 0) is 18.1 Å². The first-order valence-corrected chi connectivity index (χ1v) is 5.04. The summed E-state index contributed by atoms with van der Waals surface area (Å²) in [5, 5.41) is 4.39. The molecule has 2 aromatic heterocycles. The van der Waals surface area contributed by atoms with Crippen LogP contribution < -0.4 is 5.73 Å². The van der Waals surface area contributed by atoms with Gasteiger partial charge in [0.05, 0.1) is 6.26 Å². The molecule has 80 valence electrons. The maximum atomic E-state index is 5.85. The van der Waals surface area contributed by atoms with Crippen molar-refractivity contribution < 1.29 is 4.42 Å². The Morgan fingerprint density at radius 3 is 2.93 bits per heavy atom. The van der Waals surface area contributed by atoms with E-state index in [2.05, 4.69) is 18.9 Å². The summed E-state index contributed by atoms with van der Waals surface area (Å²) in [6, 6.07) is 5.55. The van der Waals surface area contributed by atoms with Crippen molar-refractivity contribution in [3.63, 3.8) is 0 Å². The van der Waals surface area contributed by atoms with Crippen molar-refractivity contribution in [2.24, 2.45) is 5.92 Å². The highest BCUT2D eigenvalue weighted by molar-refractivity contribution is 5.56. The Labute approximate surface area is 88.7 Å². The van der Waals surface area contributed by atoms with Gasteiger partial charge >= 0.3 is 0 Å². The van der Waals surface area contributed by atoms with E-state index < -0.39 is 0 Å². The molecule has 0 aromatic carbocycles. The van der Waals surface area contributed by atoms with Gasteiger partial charge in [-0.1, -0.05) is 13.8 Å². The third-order valence-electron chi connectivity index (χ3n) is 2.12. The van der Waals surface area contributed by atoms with Gasteiger partial charge in [0.2, 0.25) is 0 Å². The maximum Gasteiger partial charge on any atom is 0.154 e. The van der Waals surface area contributed by atoms with Crippen molar-refractivity contribution in [1.29, 1.82) is 0 Å². The number of anilines is 1. The summed E-state index contributed by atoms with van der Waals surface area (Å²) in [7, 11) is 0. The maximum absolute atomic E-state index is 5.85. The predicted octanol–water partition coefficient (Wildman–Crippen LogP) is 2.38. The molecule has 2 N–H and O–H groups in total. The van der Waals surface area contributed by atoms with Crippen LogP contribution in [0.3, 0.4) is 0 Å². The monoisotopic (exact) mass is 205 g/mol. The Morgan fingerprint density at radius 1 is 1.53 bits per heavy atom. The van der Waals surface area contributed by atoms with E-state index in [1.165, 1.54) is 0 Å². The summed E-state index contributed by atoms with van der Waals surface area (Å²) in [4.78, 5) is 0. The molecule has 0 aliphatic rings. The molecule has 15 heavy (non-hydrogen) atoms. The summed E-state index contributed by atoms with van der Waals surface area (Å²) in [6.07, 6.45) is 1.63. The van der Waals surface area contributed by atoms with E-state index in [0.717, 1.165) is 18.0 Å². The number of nitrogens with two attached hydrogens (primary N) is 1. The number of hydrogen-bond acceptors (Lipinski definition) is 3. The average molecular weight is 205 g/mol. The lowest BCUT2D eigenvalue weighted by atomic mass is 10.2. The normalized spacial score (nSPS) is 11.1. The minimum atomic E-state index is 0.525. The Kier molecular flexibility index (Phi) is 2.49. The molecule has 2 aromatic rings. The van der Waals surface area contributed by atoms with E-state index in [-0.39, 0.29) is 0 Å². The standard InChI is InChI=1S/C11H15N3O/c1-8(2)7-14-11(12)6-9(13-14)10-4-3-5-15-10/h3-6,8H,7,12H2,1-2H3. The first-order valence-electron chi connectivity index (χ1n) is 5.04. The molecule has 0 spiro atoms. The topological polar surface area (TPSA) is 57.0 Å². The lowest BCUT2D eigenvalue weighted by Crippen LogP contribution is -2.09. The molecular formula is C11H15N3O. The van der Waals surface area contributed by atoms with Gasteiger partial charge in [0, 0.05) is 12.6 Å². The van der Waals surface area contributed by atoms with Crippen molar-refractivity contribution in [3.05, 3.63) is 24.5 Å². The van der Waals surface area contributed by atoms with Crippen molar-refractivity contribution in [2.75, 3.05) is 5.73 Å². The van der Waals surface area contributed by atoms with Crippen molar-refractivity contribution in [1.82, 2.24) is 9.78 Å². The van der Waals surface area contributed by atoms with Gasteiger partial charge in [-0.2, -0.15) is 5.10 Å². The van der Waals surface area contributed by atoms with Gasteiger partial charge in [0.15, 0.2) is 5.76 Å². The van der Waals surface area contributed by atoms with Crippen LogP contribution in [0.4, 0.5) is 5.82 Å². The molecule has 0 saturated heterocycles. The lowest BCUT2D eigenvalue weighted by Gasteiger charge is -2.05. The van der Waals surface area contributed by atoms with Crippen LogP contribution in [0.25, 0.3) is 11.5 Å². The van der Waals surface area contributed by atoms with Crippen LogP contribution in [0.5, 0.6) is 0 Å². The second-order valence-electron chi connectivity index (χ2n) is 4.01. The fourth-order valence-corrected chi connectivity index (χ4v) is 1.47. The summed E-state index contributed by atoms with van der Waals surface area (Å²) >= 11 is 0. The van der Waals surface area contributed by atoms with Crippen molar-refractivity contribution >= 4 is 5.82 Å². The summed E-state index contributed by atoms with van der Waals surface area (Å²) in [5.41, 5.74) is 6.64. The molecule has 0 radical (unpaired) electrons. The van der Waals surface area contributed by atoms with E-state index in [1.807, 2.05) is 22.9 Å². The molecule has 2 heterocycles. The molecule has 0 unspecified atom stereocenters. The van der Waals surface area contributed by atoms with Crippen LogP contribution in [0, 0.1) is 5.92 Å². The van der Waals surface area contributed by atoms with Crippen LogP contribution in [0.2, 0.25) is 0 Å². The molecule has 0 amide bonds. The number of nitrogen functional groups attached to an aromatic ring is 1. The highest BCUT2D eigenvalue weighted by atomic mass is 16.3. The van der Waals surface area contributed by atoms with Crippen LogP contribution in [0.15, 0.2) is 28.9 Å². The number of nitrogens with zero attached hydrogens (tertiary/aromatic N) is 2. The summed E-state index contributed by atoms with van der Waals surface area (Å²) < 4.78 is 7.07. The van der Waals surface area contributed by atoms with E-state index in [9.17, 15) is 0 Å². The first-order chi connectivity index (χ1) is 7.16. The quantitative estimate of drug-likeness (QED) is 0.836. The Bertz CT molecular complexity index is 429. The second-order valence-corrected chi connectivity index (χ2v) is 4.01. The molecule has 0 saturated carbocycles. The van der Waals surface area contributed by atoms with Gasteiger partial charge < -0.3 is 10.2 Å². The van der Waals surface area contributed by atoms with Crippen LogP contribution >= 0.6 is 0 Å². The van der Waals surface area contributed by atoms with E-state index in [0.29, 0.717) is 11.7 Å². The molecule has 4 nitrogen and oxygen atoms in total. The predicted molar refractivity (Wildman–Crippen MR) is 59.2 cm³/mol. The Balaban J connectivity index is 2.29. The number of hydrogen-bond donors (Lipinski definition) is 1. The smallest absolute Gasteiger partial charge is 0.154 e. The molecule has 0 bridgehead atoms. The third kappa shape index (κ3) is 2.03. The molecule has 0 atom stereocenters.